The van der Waals surface area contributed by atoms with Gasteiger partial charge in [-0.3, -0.25) is 9.59 Å². The summed E-state index contributed by atoms with van der Waals surface area (Å²) in [7, 11) is 1.35. The number of amides is 2. The molecule has 0 saturated heterocycles. The van der Waals surface area contributed by atoms with Crippen molar-refractivity contribution in [2.75, 3.05) is 7.05 Å². The average Bonchev–Trinajstić information content (AvgIpc) is 2.38. The molecule has 0 unspecified atom stereocenters. The fourth-order valence-electron chi connectivity index (χ4n) is 1.85. The van der Waals surface area contributed by atoms with Gasteiger partial charge >= 0.3 is 5.97 Å². The van der Waals surface area contributed by atoms with E-state index >= 15 is 0 Å². The van der Waals surface area contributed by atoms with E-state index in [4.69, 9.17) is 21.3 Å². The van der Waals surface area contributed by atoms with Crippen LogP contribution in [0.1, 0.15) is 6.92 Å². The van der Waals surface area contributed by atoms with E-state index in [0.717, 1.165) is 6.08 Å². The number of rotatable bonds is 4. The number of nitrogens with one attached hydrogen (secondary N) is 2. The second-order valence-electron chi connectivity index (χ2n) is 4.26. The Labute approximate surface area is 120 Å². The van der Waals surface area contributed by atoms with E-state index in [1.807, 2.05) is 0 Å². The van der Waals surface area contributed by atoms with Gasteiger partial charge in [0.2, 0.25) is 11.7 Å². The monoisotopic (exact) mass is 299 g/mol. The van der Waals surface area contributed by atoms with Gasteiger partial charge in [-0.25, -0.2) is 9.79 Å². The maximum Gasteiger partial charge on any atom is 0.370 e. The first-order chi connectivity index (χ1) is 9.76. The first kappa shape index (κ1) is 16.3. The number of likely N-dealkylation sites (N-methyl/N-ethyl adjacent to an activating group) is 1. The highest BCUT2D eigenvalue weighted by Crippen LogP contribution is 2.21. The summed E-state index contributed by atoms with van der Waals surface area (Å²) in [5.41, 5.74) is 10.6. The third-order valence-corrected chi connectivity index (χ3v) is 2.65. The number of ether oxygens (including phenoxy) is 1. The summed E-state index contributed by atoms with van der Waals surface area (Å²) >= 11 is 0. The molecule has 116 valence electrons. The Hall–Kier alpha value is -2.78. The first-order valence-corrected chi connectivity index (χ1v) is 5.95. The Bertz CT molecular complexity index is 511. The molecule has 0 spiro atoms. The lowest BCUT2D eigenvalue weighted by Gasteiger charge is -2.33. The Kier molecular flexibility index (Phi) is 5.11. The van der Waals surface area contributed by atoms with Crippen LogP contribution in [0.5, 0.6) is 0 Å². The predicted molar refractivity (Wildman–Crippen MR) is 71.9 cm³/mol. The molecule has 1 aliphatic rings. The molecule has 21 heavy (non-hydrogen) atoms. The van der Waals surface area contributed by atoms with Crippen LogP contribution in [0.25, 0.3) is 0 Å². The molecule has 2 amide bonds. The predicted octanol–water partition coefficient (Wildman–Crippen LogP) is -2.75. The van der Waals surface area contributed by atoms with Crippen LogP contribution in [-0.2, 0) is 19.1 Å². The number of carboxylic acid groups (broad SMARTS) is 1. The molecule has 10 nitrogen and oxygen atoms in total. The number of aliphatic carboxylic acids is 1. The highest BCUT2D eigenvalue weighted by Gasteiger charge is 2.41. The van der Waals surface area contributed by atoms with Gasteiger partial charge in [0.15, 0.2) is 12.1 Å². The first-order valence-electron chi connectivity index (χ1n) is 5.95. The van der Waals surface area contributed by atoms with Crippen LogP contribution >= 0.6 is 0 Å². The van der Waals surface area contributed by atoms with E-state index in [9.17, 15) is 14.4 Å². The van der Waals surface area contributed by atoms with Gasteiger partial charge in [-0.1, -0.05) is 0 Å². The van der Waals surface area contributed by atoms with Gasteiger partial charge < -0.3 is 31.9 Å². The summed E-state index contributed by atoms with van der Waals surface area (Å²) in [4.78, 5) is 38.0. The number of carboxylic acids is 1. The molecule has 0 fully saturated rings. The molecule has 0 aromatic heterocycles. The van der Waals surface area contributed by atoms with Crippen molar-refractivity contribution in [3.63, 3.8) is 0 Å². The highest BCUT2D eigenvalue weighted by molar-refractivity contribution is 5.88. The van der Waals surface area contributed by atoms with Crippen LogP contribution in [-0.4, -0.2) is 54.1 Å². The molecule has 1 aliphatic heterocycles. The summed E-state index contributed by atoms with van der Waals surface area (Å²) in [6, 6.07) is -1.88. The second kappa shape index (κ2) is 6.59. The van der Waals surface area contributed by atoms with E-state index in [-0.39, 0.29) is 5.96 Å². The molecule has 1 heterocycles. The molecular weight excluding hydrogens is 282 g/mol. The highest BCUT2D eigenvalue weighted by atomic mass is 16.5. The van der Waals surface area contributed by atoms with Gasteiger partial charge in [0.25, 0.3) is 5.91 Å². The zero-order valence-electron chi connectivity index (χ0n) is 11.5. The topological polar surface area (TPSA) is 169 Å². The van der Waals surface area contributed by atoms with Crippen molar-refractivity contribution in [1.29, 1.82) is 0 Å². The Morgan fingerprint density at radius 1 is 1.38 bits per heavy atom. The molecule has 0 aromatic carbocycles. The van der Waals surface area contributed by atoms with Crippen LogP contribution in [0.4, 0.5) is 0 Å². The van der Waals surface area contributed by atoms with Crippen molar-refractivity contribution >= 4 is 23.7 Å². The zero-order chi connectivity index (χ0) is 16.2. The Balaban J connectivity index is 3.26. The van der Waals surface area contributed by atoms with Gasteiger partial charge in [0, 0.05) is 14.0 Å². The minimum atomic E-state index is -1.37. The van der Waals surface area contributed by atoms with E-state index in [1.165, 1.54) is 14.0 Å². The van der Waals surface area contributed by atoms with Crippen molar-refractivity contribution in [1.82, 2.24) is 10.6 Å². The van der Waals surface area contributed by atoms with Crippen molar-refractivity contribution in [2.45, 2.75) is 25.1 Å². The summed E-state index contributed by atoms with van der Waals surface area (Å²) in [6.45, 7) is 1.24. The van der Waals surface area contributed by atoms with E-state index in [0.29, 0.717) is 0 Å². The van der Waals surface area contributed by atoms with Crippen LogP contribution in [0.2, 0.25) is 0 Å². The average molecular weight is 299 g/mol. The number of aliphatic imine (C=N–C) groups is 1. The van der Waals surface area contributed by atoms with Crippen LogP contribution in [0.3, 0.4) is 0 Å². The van der Waals surface area contributed by atoms with E-state index in [1.54, 1.807) is 0 Å². The van der Waals surface area contributed by atoms with Crippen molar-refractivity contribution in [2.24, 2.45) is 16.5 Å². The number of carbonyl (C=O) groups is 3. The summed E-state index contributed by atoms with van der Waals surface area (Å²) in [5.74, 6) is -3.22. The molecule has 0 bridgehead atoms. The normalized spacial score (nSPS) is 24.1. The quantitative estimate of drug-likeness (QED) is 0.276. The van der Waals surface area contributed by atoms with Gasteiger partial charge in [-0.2, -0.15) is 0 Å². The van der Waals surface area contributed by atoms with E-state index < -0.39 is 41.7 Å². The molecule has 0 radical (unpaired) electrons. The summed E-state index contributed by atoms with van der Waals surface area (Å²) in [6.07, 6.45) is -0.148. The van der Waals surface area contributed by atoms with Gasteiger partial charge in [0.1, 0.15) is 12.1 Å². The van der Waals surface area contributed by atoms with Crippen LogP contribution in [0.15, 0.2) is 16.8 Å². The Morgan fingerprint density at radius 2 is 2.00 bits per heavy atom. The van der Waals surface area contributed by atoms with Gasteiger partial charge in [-0.15, -0.1) is 0 Å². The van der Waals surface area contributed by atoms with Gasteiger partial charge in [-0.05, 0) is 6.08 Å². The number of guanidine groups is 1. The van der Waals surface area contributed by atoms with E-state index in [2.05, 4.69) is 15.6 Å². The fourth-order valence-corrected chi connectivity index (χ4v) is 1.85. The number of carbonyl (C=O) groups excluding carboxylic acids is 2. The van der Waals surface area contributed by atoms with Crippen LogP contribution in [0, 0.1) is 0 Å². The number of hydrogen-bond acceptors (Lipinski definition) is 5. The third kappa shape index (κ3) is 4.09. The lowest BCUT2D eigenvalue weighted by molar-refractivity contribution is -0.143. The third-order valence-electron chi connectivity index (χ3n) is 2.65. The smallest absolute Gasteiger partial charge is 0.370 e. The lowest BCUT2D eigenvalue weighted by Crippen LogP contribution is -2.58. The molecule has 3 atom stereocenters. The van der Waals surface area contributed by atoms with Gasteiger partial charge in [0.05, 0.1) is 0 Å². The van der Waals surface area contributed by atoms with Crippen LogP contribution < -0.4 is 22.1 Å². The zero-order valence-corrected chi connectivity index (χ0v) is 11.5. The fraction of sp³-hybridized carbons (Fsp3) is 0.455. The van der Waals surface area contributed by atoms with Crippen molar-refractivity contribution in [3.8, 4) is 0 Å². The van der Waals surface area contributed by atoms with Crippen molar-refractivity contribution < 1.29 is 24.2 Å². The lowest BCUT2D eigenvalue weighted by atomic mass is 9.97. The standard InChI is InChI=1S/C11H17N5O5/c1-4(17)15-7-5(16-11(12)13)3-6(10(19)20)21-8(7)9(18)14-2/h3,5,7-8H,1-2H3,(H,14,18)(H,15,17)(H,19,20)(H4,12,13,16)/t5-,7+,8+/m0/s1. The number of nitrogens with zero attached hydrogens (tertiary/aromatic N) is 1. The molecule has 7 N–H and O–H groups in total. The largest absolute Gasteiger partial charge is 0.475 e. The molecule has 10 heteroatoms. The maximum absolute atomic E-state index is 11.8. The molecule has 0 saturated carbocycles. The summed E-state index contributed by atoms with van der Waals surface area (Å²) < 4.78 is 5.11. The Morgan fingerprint density at radius 3 is 2.43 bits per heavy atom. The minimum Gasteiger partial charge on any atom is -0.475 e. The molecule has 0 aromatic rings. The summed E-state index contributed by atoms with van der Waals surface area (Å²) in [5, 5.41) is 13.8. The number of nitrogens with two attached hydrogens (primary N) is 2. The molecule has 0 aliphatic carbocycles. The van der Waals surface area contributed by atoms with Crippen molar-refractivity contribution in [3.05, 3.63) is 11.8 Å². The number of hydrogen-bond donors (Lipinski definition) is 5. The molecular formula is C11H17N5O5. The minimum absolute atomic E-state index is 0.311. The second-order valence-corrected chi connectivity index (χ2v) is 4.26. The maximum atomic E-state index is 11.8. The molecule has 1 rings (SSSR count). The SMILES string of the molecule is CNC(=O)[C@@H]1OC(C(=O)O)=C[C@H](N=C(N)N)[C@H]1NC(C)=O.